The maximum absolute atomic E-state index is 11.8. The van der Waals surface area contributed by atoms with Crippen LogP contribution in [0, 0.1) is 22.7 Å². The molecule has 0 atom stereocenters. The third kappa shape index (κ3) is 13.6. The van der Waals surface area contributed by atoms with E-state index in [1.54, 1.807) is 5.57 Å². The molecule has 3 rings (SSSR count). The Kier molecular flexibility index (Phi) is 13.2. The zero-order valence-electron chi connectivity index (χ0n) is 26.3. The standard InChI is InChI=1S/C11H22N2O.C10H21N.C10H19N/c1-11(2,3)12-10(14)9-5-7-13(4)8-6-9;2*1-10(2,3)9-5-7-11(4)8-6-9/h9H,5-8H2,1-4H3,(H,12,14);9H,5-8H2,1-4H3;5H,6-8H2,1-4H3. The summed E-state index contributed by atoms with van der Waals surface area (Å²) in [6, 6.07) is 0. The van der Waals surface area contributed by atoms with Crippen LogP contribution in [0.1, 0.15) is 94.4 Å². The lowest BCUT2D eigenvalue weighted by molar-refractivity contribution is -0.127. The predicted molar refractivity (Wildman–Crippen MR) is 157 cm³/mol. The van der Waals surface area contributed by atoms with Crippen LogP contribution in [0.2, 0.25) is 0 Å². The average Bonchev–Trinajstić information content (AvgIpc) is 2.73. The van der Waals surface area contributed by atoms with Gasteiger partial charge in [-0.05, 0) is 117 Å². The van der Waals surface area contributed by atoms with Crippen molar-refractivity contribution in [2.45, 2.75) is 100.0 Å². The van der Waals surface area contributed by atoms with Crippen molar-refractivity contribution in [3.05, 3.63) is 11.6 Å². The lowest BCUT2D eigenvalue weighted by Gasteiger charge is -2.37. The Balaban J connectivity index is 0.000000273. The van der Waals surface area contributed by atoms with Crippen LogP contribution in [-0.2, 0) is 4.79 Å². The van der Waals surface area contributed by atoms with Crippen molar-refractivity contribution in [2.75, 3.05) is 60.4 Å². The van der Waals surface area contributed by atoms with Gasteiger partial charge in [-0.25, -0.2) is 0 Å². The van der Waals surface area contributed by atoms with Crippen LogP contribution in [-0.4, -0.2) is 86.6 Å². The molecular formula is C31H62N4O. The summed E-state index contributed by atoms with van der Waals surface area (Å²) in [4.78, 5) is 18.9. The lowest BCUT2D eigenvalue weighted by Crippen LogP contribution is -2.46. The van der Waals surface area contributed by atoms with Crippen molar-refractivity contribution in [1.82, 2.24) is 20.0 Å². The first-order valence-corrected chi connectivity index (χ1v) is 14.5. The Hall–Kier alpha value is -0.910. The van der Waals surface area contributed by atoms with Gasteiger partial charge in [0, 0.05) is 24.5 Å². The van der Waals surface area contributed by atoms with E-state index in [0.29, 0.717) is 10.8 Å². The monoisotopic (exact) mass is 506 g/mol. The van der Waals surface area contributed by atoms with Gasteiger partial charge in [0.05, 0.1) is 0 Å². The van der Waals surface area contributed by atoms with Crippen molar-refractivity contribution in [3.8, 4) is 0 Å². The van der Waals surface area contributed by atoms with Gasteiger partial charge < -0.3 is 20.0 Å². The maximum Gasteiger partial charge on any atom is 0.223 e. The molecule has 5 nitrogen and oxygen atoms in total. The molecule has 1 amide bonds. The van der Waals surface area contributed by atoms with Crippen LogP contribution in [0.25, 0.3) is 0 Å². The molecule has 0 unspecified atom stereocenters. The molecule has 0 aromatic carbocycles. The highest BCUT2D eigenvalue weighted by Crippen LogP contribution is 2.33. The zero-order valence-corrected chi connectivity index (χ0v) is 26.3. The van der Waals surface area contributed by atoms with Gasteiger partial charge in [-0.2, -0.15) is 0 Å². The number of nitrogens with zero attached hydrogens (tertiary/aromatic N) is 3. The number of carbonyl (C=O) groups excluding carboxylic acids is 1. The summed E-state index contributed by atoms with van der Waals surface area (Å²) in [6.07, 6.45) is 8.40. The smallest absolute Gasteiger partial charge is 0.223 e. The van der Waals surface area contributed by atoms with Crippen molar-refractivity contribution in [1.29, 1.82) is 0 Å². The van der Waals surface area contributed by atoms with Crippen molar-refractivity contribution in [3.63, 3.8) is 0 Å². The number of rotatable bonds is 1. The molecule has 2 fully saturated rings. The molecule has 0 aromatic heterocycles. The van der Waals surface area contributed by atoms with Gasteiger partial charge in [0.2, 0.25) is 5.91 Å². The van der Waals surface area contributed by atoms with Crippen LogP contribution in [0.5, 0.6) is 0 Å². The number of hydrogen-bond donors (Lipinski definition) is 1. The van der Waals surface area contributed by atoms with Gasteiger partial charge >= 0.3 is 0 Å². The molecule has 0 radical (unpaired) electrons. The topological polar surface area (TPSA) is 38.8 Å². The molecule has 0 saturated carbocycles. The summed E-state index contributed by atoms with van der Waals surface area (Å²) >= 11 is 0. The van der Waals surface area contributed by atoms with Gasteiger partial charge in [-0.3, -0.25) is 4.79 Å². The summed E-state index contributed by atoms with van der Waals surface area (Å²) < 4.78 is 0. The molecule has 0 aliphatic carbocycles. The van der Waals surface area contributed by atoms with E-state index < -0.39 is 0 Å². The predicted octanol–water partition coefficient (Wildman–Crippen LogP) is 5.91. The lowest BCUT2D eigenvalue weighted by atomic mass is 9.75. The van der Waals surface area contributed by atoms with E-state index in [2.05, 4.69) is 88.8 Å². The number of amides is 1. The van der Waals surface area contributed by atoms with Gasteiger partial charge in [-0.15, -0.1) is 0 Å². The molecule has 36 heavy (non-hydrogen) atoms. The molecule has 212 valence electrons. The average molecular weight is 507 g/mol. The minimum atomic E-state index is -0.0968. The van der Waals surface area contributed by atoms with E-state index >= 15 is 0 Å². The number of hydrogen-bond acceptors (Lipinski definition) is 4. The maximum atomic E-state index is 11.8. The summed E-state index contributed by atoms with van der Waals surface area (Å²) in [6.45, 7) is 27.1. The second kappa shape index (κ2) is 14.3. The fourth-order valence-electron chi connectivity index (χ4n) is 5.07. The highest BCUT2D eigenvalue weighted by molar-refractivity contribution is 5.79. The first-order chi connectivity index (χ1) is 16.4. The number of likely N-dealkylation sites (tertiary alicyclic amines) is 2. The second-order valence-corrected chi connectivity index (χ2v) is 14.8. The number of nitrogens with one attached hydrogen (secondary N) is 1. The molecule has 3 heterocycles. The summed E-state index contributed by atoms with van der Waals surface area (Å²) in [5, 5.41) is 3.05. The quantitative estimate of drug-likeness (QED) is 0.449. The molecule has 0 spiro atoms. The third-order valence-electron chi connectivity index (χ3n) is 7.91. The van der Waals surface area contributed by atoms with E-state index in [1.807, 2.05) is 20.8 Å². The highest BCUT2D eigenvalue weighted by atomic mass is 16.2. The molecule has 3 aliphatic heterocycles. The van der Waals surface area contributed by atoms with E-state index in [1.165, 1.54) is 38.9 Å². The first-order valence-electron chi connectivity index (χ1n) is 14.5. The Morgan fingerprint density at radius 2 is 1.22 bits per heavy atom. The van der Waals surface area contributed by atoms with Crippen LogP contribution >= 0.6 is 0 Å². The zero-order chi connectivity index (χ0) is 27.7. The molecule has 0 aromatic rings. The Morgan fingerprint density at radius 3 is 1.58 bits per heavy atom. The highest BCUT2D eigenvalue weighted by Gasteiger charge is 2.27. The summed E-state index contributed by atoms with van der Waals surface area (Å²) in [7, 11) is 6.51. The molecule has 2 saturated heterocycles. The number of likely N-dealkylation sites (N-methyl/N-ethyl adjacent to an activating group) is 1. The van der Waals surface area contributed by atoms with E-state index in [9.17, 15) is 4.79 Å². The normalized spacial score (nSPS) is 22.1. The molecule has 1 N–H and O–H groups in total. The van der Waals surface area contributed by atoms with Gasteiger partial charge in [-0.1, -0.05) is 53.2 Å². The van der Waals surface area contributed by atoms with Crippen LogP contribution in [0.3, 0.4) is 0 Å². The Labute approximate surface area is 225 Å². The van der Waals surface area contributed by atoms with Crippen LogP contribution in [0.4, 0.5) is 0 Å². The molecular weight excluding hydrogens is 444 g/mol. The van der Waals surface area contributed by atoms with Crippen molar-refractivity contribution in [2.24, 2.45) is 22.7 Å². The summed E-state index contributed by atoms with van der Waals surface area (Å²) in [5.74, 6) is 1.40. The SMILES string of the molecule is CN1CC=C(C(C)(C)C)CC1.CN1CCC(C(=O)NC(C)(C)C)CC1.CN1CCC(C(C)(C)C)CC1. The van der Waals surface area contributed by atoms with Gasteiger partial charge in [0.25, 0.3) is 0 Å². The fourth-order valence-corrected chi connectivity index (χ4v) is 5.07. The molecule has 0 bridgehead atoms. The largest absolute Gasteiger partial charge is 0.351 e. The van der Waals surface area contributed by atoms with E-state index in [4.69, 9.17) is 0 Å². The summed E-state index contributed by atoms with van der Waals surface area (Å²) in [5.41, 5.74) is 2.44. The minimum Gasteiger partial charge on any atom is -0.351 e. The van der Waals surface area contributed by atoms with Crippen LogP contribution in [0.15, 0.2) is 11.6 Å². The third-order valence-corrected chi connectivity index (χ3v) is 7.91. The van der Waals surface area contributed by atoms with Crippen molar-refractivity contribution < 1.29 is 4.79 Å². The first kappa shape index (κ1) is 33.1. The van der Waals surface area contributed by atoms with Crippen molar-refractivity contribution >= 4 is 5.91 Å². The van der Waals surface area contributed by atoms with Gasteiger partial charge in [0.15, 0.2) is 0 Å². The Bertz CT molecular complexity index is 664. The second-order valence-electron chi connectivity index (χ2n) is 14.8. The Morgan fingerprint density at radius 1 is 0.750 bits per heavy atom. The number of piperidine rings is 2. The minimum absolute atomic E-state index is 0.0968. The molecule has 5 heteroatoms. The number of carbonyl (C=O) groups is 1. The van der Waals surface area contributed by atoms with E-state index in [0.717, 1.165) is 38.4 Å². The van der Waals surface area contributed by atoms with Crippen LogP contribution < -0.4 is 5.32 Å². The fraction of sp³-hybridized carbons (Fsp3) is 0.903. The van der Waals surface area contributed by atoms with E-state index in [-0.39, 0.29) is 17.4 Å². The molecule has 3 aliphatic rings. The van der Waals surface area contributed by atoms with Gasteiger partial charge in [0.1, 0.15) is 0 Å².